The summed E-state index contributed by atoms with van der Waals surface area (Å²) in [5, 5.41) is 16.4. The Hall–Kier alpha value is -2.68. The van der Waals surface area contributed by atoms with Crippen molar-refractivity contribution in [3.05, 3.63) is 94.0 Å². The summed E-state index contributed by atoms with van der Waals surface area (Å²) in [6, 6.07) is 24.5. The summed E-state index contributed by atoms with van der Waals surface area (Å²) in [6.07, 6.45) is 1.000. The monoisotopic (exact) mass is 523 g/mol. The van der Waals surface area contributed by atoms with Crippen molar-refractivity contribution < 1.29 is 4.74 Å². The lowest BCUT2D eigenvalue weighted by molar-refractivity contribution is 0.302. The largest absolute Gasteiger partial charge is 0.489 e. The molecule has 8 heteroatoms. The molecule has 0 fully saturated rings. The third-order valence-electron chi connectivity index (χ3n) is 5.02. The van der Waals surface area contributed by atoms with Crippen LogP contribution in [0.1, 0.15) is 23.1 Å². The topological polar surface area (TPSA) is 64.9 Å². The minimum absolute atomic E-state index is 0.557. The van der Waals surface area contributed by atoms with Crippen LogP contribution in [0.3, 0.4) is 0 Å². The normalized spacial score (nSPS) is 11.0. The van der Waals surface area contributed by atoms with Crippen molar-refractivity contribution in [3.63, 3.8) is 0 Å². The molecule has 1 aromatic heterocycles. The molecule has 0 bridgehead atoms. The number of aromatic nitrogens is 4. The van der Waals surface area contributed by atoms with Crippen LogP contribution in [-0.2, 0) is 13.2 Å². The van der Waals surface area contributed by atoms with Crippen LogP contribution in [0.15, 0.2) is 82.4 Å². The van der Waals surface area contributed by atoms with Gasteiger partial charge in [0.05, 0.1) is 5.69 Å². The second-order valence-corrected chi connectivity index (χ2v) is 9.59. The molecular formula is C25H26BrN5OS. The molecule has 0 aliphatic heterocycles. The van der Waals surface area contributed by atoms with E-state index in [1.54, 1.807) is 16.4 Å². The minimum Gasteiger partial charge on any atom is -0.489 e. The van der Waals surface area contributed by atoms with E-state index in [1.807, 2.05) is 42.5 Å². The van der Waals surface area contributed by atoms with Crippen LogP contribution in [0, 0.1) is 6.92 Å². The molecule has 33 heavy (non-hydrogen) atoms. The van der Waals surface area contributed by atoms with E-state index < -0.39 is 0 Å². The number of nitrogens with one attached hydrogen (secondary N) is 1. The Kier molecular flexibility index (Phi) is 8.52. The Morgan fingerprint density at radius 1 is 1.03 bits per heavy atom. The van der Waals surface area contributed by atoms with Gasteiger partial charge >= 0.3 is 0 Å². The SMILES string of the molecule is Cc1ccc(COc2ccc(Br)cc2CNCCCSc2nnnn2-c2ccccc2)cc1. The highest BCUT2D eigenvalue weighted by Crippen LogP contribution is 2.24. The molecule has 3 aromatic carbocycles. The molecule has 4 aromatic rings. The fraction of sp³-hybridized carbons (Fsp3) is 0.240. The summed E-state index contributed by atoms with van der Waals surface area (Å²) in [6.45, 7) is 4.29. The minimum atomic E-state index is 0.557. The van der Waals surface area contributed by atoms with Crippen LogP contribution in [0.25, 0.3) is 5.69 Å². The predicted molar refractivity (Wildman–Crippen MR) is 136 cm³/mol. The van der Waals surface area contributed by atoms with Gasteiger partial charge in [-0.05, 0) is 66.2 Å². The molecule has 170 valence electrons. The van der Waals surface area contributed by atoms with Crippen LogP contribution < -0.4 is 10.1 Å². The van der Waals surface area contributed by atoms with Gasteiger partial charge in [0.1, 0.15) is 12.4 Å². The van der Waals surface area contributed by atoms with Crippen molar-refractivity contribution in [2.75, 3.05) is 12.3 Å². The summed E-state index contributed by atoms with van der Waals surface area (Å²) in [4.78, 5) is 0. The quantitative estimate of drug-likeness (QED) is 0.204. The number of thioether (sulfide) groups is 1. The van der Waals surface area contributed by atoms with Crippen LogP contribution >= 0.6 is 27.7 Å². The third-order valence-corrected chi connectivity index (χ3v) is 6.52. The number of ether oxygens (including phenoxy) is 1. The maximum Gasteiger partial charge on any atom is 0.214 e. The molecule has 0 radical (unpaired) electrons. The highest BCUT2D eigenvalue weighted by molar-refractivity contribution is 9.10. The maximum absolute atomic E-state index is 6.11. The molecule has 0 saturated heterocycles. The van der Waals surface area contributed by atoms with E-state index in [1.165, 1.54) is 5.56 Å². The average Bonchev–Trinajstić information content (AvgIpc) is 3.31. The lowest BCUT2D eigenvalue weighted by Gasteiger charge is -2.13. The van der Waals surface area contributed by atoms with E-state index in [-0.39, 0.29) is 0 Å². The van der Waals surface area contributed by atoms with E-state index in [2.05, 4.69) is 74.0 Å². The van der Waals surface area contributed by atoms with E-state index in [0.717, 1.165) is 57.5 Å². The Morgan fingerprint density at radius 3 is 2.67 bits per heavy atom. The zero-order chi connectivity index (χ0) is 22.9. The van der Waals surface area contributed by atoms with Gasteiger partial charge < -0.3 is 10.1 Å². The van der Waals surface area contributed by atoms with E-state index in [9.17, 15) is 0 Å². The Morgan fingerprint density at radius 2 is 1.85 bits per heavy atom. The van der Waals surface area contributed by atoms with Gasteiger partial charge in [-0.2, -0.15) is 4.68 Å². The van der Waals surface area contributed by atoms with E-state index >= 15 is 0 Å². The van der Waals surface area contributed by atoms with E-state index in [4.69, 9.17) is 4.74 Å². The summed E-state index contributed by atoms with van der Waals surface area (Å²) in [7, 11) is 0. The number of benzene rings is 3. The molecule has 6 nitrogen and oxygen atoms in total. The zero-order valence-corrected chi connectivity index (χ0v) is 20.8. The van der Waals surface area contributed by atoms with Crippen LogP contribution in [0.4, 0.5) is 0 Å². The van der Waals surface area contributed by atoms with Gasteiger partial charge in [0.25, 0.3) is 0 Å². The van der Waals surface area contributed by atoms with Gasteiger partial charge in [0.15, 0.2) is 0 Å². The average molecular weight is 524 g/mol. The molecule has 0 spiro atoms. The van der Waals surface area contributed by atoms with Crippen molar-refractivity contribution in [2.24, 2.45) is 0 Å². The number of hydrogen-bond donors (Lipinski definition) is 1. The van der Waals surface area contributed by atoms with Crippen molar-refractivity contribution >= 4 is 27.7 Å². The molecule has 0 atom stereocenters. The number of para-hydroxylation sites is 1. The number of rotatable bonds is 11. The molecular weight excluding hydrogens is 498 g/mol. The zero-order valence-electron chi connectivity index (χ0n) is 18.4. The molecule has 0 saturated carbocycles. The Balaban J connectivity index is 1.23. The van der Waals surface area contributed by atoms with Crippen LogP contribution in [-0.4, -0.2) is 32.5 Å². The molecule has 4 rings (SSSR count). The second kappa shape index (κ2) is 12.0. The number of nitrogens with zero attached hydrogens (tertiary/aromatic N) is 4. The van der Waals surface area contributed by atoms with Gasteiger partial charge in [-0.1, -0.05) is 75.7 Å². The number of hydrogen-bond acceptors (Lipinski definition) is 6. The first kappa shape index (κ1) is 23.5. The molecule has 0 unspecified atom stereocenters. The molecule has 0 aliphatic rings. The molecule has 1 N–H and O–H groups in total. The number of aryl methyl sites for hydroxylation is 1. The molecule has 1 heterocycles. The van der Waals surface area contributed by atoms with Gasteiger partial charge in [0, 0.05) is 22.3 Å². The first-order chi connectivity index (χ1) is 16.2. The third kappa shape index (κ3) is 6.90. The smallest absolute Gasteiger partial charge is 0.214 e. The van der Waals surface area contributed by atoms with Gasteiger partial charge in [-0.25, -0.2) is 0 Å². The summed E-state index contributed by atoms with van der Waals surface area (Å²) < 4.78 is 8.93. The summed E-state index contributed by atoms with van der Waals surface area (Å²) >= 11 is 5.24. The van der Waals surface area contributed by atoms with Crippen molar-refractivity contribution in [3.8, 4) is 11.4 Å². The summed E-state index contributed by atoms with van der Waals surface area (Å²) in [5.41, 5.74) is 4.52. The van der Waals surface area contributed by atoms with Crippen molar-refractivity contribution in [1.29, 1.82) is 0 Å². The lowest BCUT2D eigenvalue weighted by Crippen LogP contribution is -2.16. The van der Waals surface area contributed by atoms with Gasteiger partial charge in [-0.3, -0.25) is 0 Å². The Bertz CT molecular complexity index is 1150. The number of tetrazole rings is 1. The highest BCUT2D eigenvalue weighted by atomic mass is 79.9. The second-order valence-electron chi connectivity index (χ2n) is 7.61. The molecule has 0 amide bonds. The standard InChI is InChI=1S/C25H26BrN5OS/c1-19-8-10-20(11-9-19)18-32-24-13-12-22(26)16-21(24)17-27-14-5-15-33-25-28-29-30-31(25)23-6-3-2-4-7-23/h2-4,6-13,16,27H,5,14-15,17-18H2,1H3. The van der Waals surface area contributed by atoms with Gasteiger partial charge in [-0.15, -0.1) is 5.10 Å². The lowest BCUT2D eigenvalue weighted by atomic mass is 10.1. The first-order valence-corrected chi connectivity index (χ1v) is 12.6. The van der Waals surface area contributed by atoms with Crippen molar-refractivity contribution in [1.82, 2.24) is 25.5 Å². The summed E-state index contributed by atoms with van der Waals surface area (Å²) in [5.74, 6) is 1.83. The Labute approximate surface area is 206 Å². The molecule has 0 aliphatic carbocycles. The predicted octanol–water partition coefficient (Wildman–Crippen LogP) is 5.58. The highest BCUT2D eigenvalue weighted by Gasteiger charge is 2.09. The fourth-order valence-corrected chi connectivity index (χ4v) is 4.49. The van der Waals surface area contributed by atoms with Crippen LogP contribution in [0.5, 0.6) is 5.75 Å². The first-order valence-electron chi connectivity index (χ1n) is 10.8. The number of halogens is 1. The van der Waals surface area contributed by atoms with Crippen molar-refractivity contribution in [2.45, 2.75) is 31.7 Å². The van der Waals surface area contributed by atoms with Gasteiger partial charge in [0.2, 0.25) is 5.16 Å². The van der Waals surface area contributed by atoms with E-state index in [0.29, 0.717) is 6.61 Å². The maximum atomic E-state index is 6.11. The fourth-order valence-electron chi connectivity index (χ4n) is 3.26. The van der Waals surface area contributed by atoms with Crippen LogP contribution in [0.2, 0.25) is 0 Å².